The van der Waals surface area contributed by atoms with Crippen LogP contribution in [-0.2, 0) is 30.5 Å². The molecule has 10 heteroatoms. The summed E-state index contributed by atoms with van der Waals surface area (Å²) in [7, 11) is -5.56. The SMILES string of the molecule is CS(=O)(=O)[O-].[NH-]c1ccccc1-c1[c]cccc1.[Pd+2].c1ccc(P(c2ccccc2)c2cccc3c2Oc2c(cccc2P(c2ccccc2)c2ccccc2)N3)cc1. The monoisotopic (exact) mass is 919 g/mol. The number of hydrogen-bond donors (Lipinski definition) is 1. The molecule has 59 heavy (non-hydrogen) atoms. The van der Waals surface area contributed by atoms with E-state index in [1.807, 2.05) is 42.5 Å². The number of benzene rings is 8. The summed E-state index contributed by atoms with van der Waals surface area (Å²) in [5, 5.41) is 11.4. The molecule has 0 atom stereocenters. The molecule has 6 nitrogen and oxygen atoms in total. The van der Waals surface area contributed by atoms with Crippen molar-refractivity contribution in [1.82, 2.24) is 0 Å². The molecule has 295 valence electrons. The Morgan fingerprint density at radius 3 is 1.27 bits per heavy atom. The number of fused-ring (bicyclic) bond motifs is 2. The normalized spacial score (nSPS) is 11.2. The van der Waals surface area contributed by atoms with Gasteiger partial charge in [-0.2, -0.15) is 0 Å². The molecule has 1 aliphatic heterocycles. The number of hydrogen-bond acceptors (Lipinski definition) is 5. The summed E-state index contributed by atoms with van der Waals surface area (Å²) in [5.74, 6) is 1.83. The van der Waals surface area contributed by atoms with Gasteiger partial charge in [0.25, 0.3) is 0 Å². The van der Waals surface area contributed by atoms with Gasteiger partial charge in [0.1, 0.15) is 0 Å². The molecule has 1 aliphatic rings. The van der Waals surface area contributed by atoms with Crippen LogP contribution >= 0.6 is 15.8 Å². The third-order valence-electron chi connectivity index (χ3n) is 8.93. The van der Waals surface area contributed by atoms with Crippen molar-refractivity contribution in [2.45, 2.75) is 0 Å². The molecule has 2 N–H and O–H groups in total. The number of rotatable bonds is 7. The molecule has 0 saturated heterocycles. The van der Waals surface area contributed by atoms with Crippen molar-refractivity contribution in [3.63, 3.8) is 0 Å². The van der Waals surface area contributed by atoms with E-state index in [2.05, 4.69) is 169 Å². The van der Waals surface area contributed by atoms with Crippen LogP contribution < -0.4 is 41.9 Å². The molecule has 0 saturated carbocycles. The fourth-order valence-corrected chi connectivity index (χ4v) is 11.3. The van der Waals surface area contributed by atoms with E-state index < -0.39 is 26.0 Å². The van der Waals surface area contributed by atoms with Crippen LogP contribution in [0.4, 0.5) is 17.1 Å². The molecular formula is C49H39N2O4P2PdS. The van der Waals surface area contributed by atoms with Crippen LogP contribution in [0.2, 0.25) is 0 Å². The van der Waals surface area contributed by atoms with E-state index in [9.17, 15) is 0 Å². The average Bonchev–Trinajstić information content (AvgIpc) is 3.25. The average molecular weight is 920 g/mol. The first-order valence-corrected chi connectivity index (χ1v) is 22.9. The molecule has 0 aromatic heterocycles. The van der Waals surface area contributed by atoms with Crippen LogP contribution in [0.25, 0.3) is 16.9 Å². The van der Waals surface area contributed by atoms with E-state index in [0.717, 1.165) is 34.0 Å². The summed E-state index contributed by atoms with van der Waals surface area (Å²) in [6, 6.07) is 74.6. The standard InChI is InChI=1S/C36H27NOP2.C12H9N.CH4O3S.Pd/c1-5-15-27(16-6-1)39(28-17-7-2-8-18-28)33-25-13-23-31-35(33)38-36-32(37-31)24-14-26-34(36)40(29-19-9-3-10-20-29)30-21-11-4-12-22-30;13-12-9-5-4-8-11(12)10-6-2-1-3-7-10;1-5(2,3)4;/h1-26,37H;1-6,8-9,13H;1H3,(H,2,3,4);/q;-1;;+2/p-1. The third kappa shape index (κ3) is 11.2. The van der Waals surface area contributed by atoms with Gasteiger partial charge in [-0.1, -0.05) is 182 Å². The Morgan fingerprint density at radius 1 is 0.525 bits per heavy atom. The van der Waals surface area contributed by atoms with E-state index in [4.69, 9.17) is 23.4 Å². The minimum absolute atomic E-state index is 0. The van der Waals surface area contributed by atoms with E-state index in [1.54, 1.807) is 6.07 Å². The van der Waals surface area contributed by atoms with Gasteiger partial charge in [-0.25, -0.2) is 8.42 Å². The van der Waals surface area contributed by atoms with Crippen molar-refractivity contribution >= 4 is 74.9 Å². The van der Waals surface area contributed by atoms with E-state index in [-0.39, 0.29) is 20.4 Å². The second kappa shape index (κ2) is 20.5. The molecule has 0 unspecified atom stereocenters. The second-order valence-corrected chi connectivity index (χ2v) is 18.9. The van der Waals surface area contributed by atoms with Gasteiger partial charge in [0.05, 0.1) is 21.5 Å². The van der Waals surface area contributed by atoms with Crippen molar-refractivity contribution in [2.75, 3.05) is 11.6 Å². The Morgan fingerprint density at radius 2 is 0.898 bits per heavy atom. The Labute approximate surface area is 363 Å². The smallest absolute Gasteiger partial charge is 0.748 e. The summed E-state index contributed by atoms with van der Waals surface area (Å²) >= 11 is 0. The summed E-state index contributed by atoms with van der Waals surface area (Å²) in [5.41, 5.74) is 12.2. The van der Waals surface area contributed by atoms with E-state index in [1.165, 1.54) is 31.8 Å². The molecule has 1 heterocycles. The molecular weight excluding hydrogens is 881 g/mol. The van der Waals surface area contributed by atoms with Crippen molar-refractivity contribution in [2.24, 2.45) is 0 Å². The molecule has 0 aliphatic carbocycles. The predicted octanol–water partition coefficient (Wildman–Crippen LogP) is 10.0. The molecule has 9 rings (SSSR count). The Kier molecular flexibility index (Phi) is 15.0. The second-order valence-electron chi connectivity index (χ2n) is 13.1. The minimum Gasteiger partial charge on any atom is -0.748 e. The van der Waals surface area contributed by atoms with Crippen LogP contribution in [0.1, 0.15) is 0 Å². The molecule has 0 amide bonds. The van der Waals surface area contributed by atoms with Crippen molar-refractivity contribution in [1.29, 1.82) is 0 Å². The molecule has 0 fully saturated rings. The van der Waals surface area contributed by atoms with Gasteiger partial charge in [-0.05, 0) is 78.5 Å². The van der Waals surface area contributed by atoms with Gasteiger partial charge in [-0.15, -0.1) is 5.69 Å². The quantitative estimate of drug-likeness (QED) is 0.0975. The van der Waals surface area contributed by atoms with Gasteiger partial charge in [-0.3, -0.25) is 0 Å². The van der Waals surface area contributed by atoms with E-state index in [0.29, 0.717) is 11.9 Å². The van der Waals surface area contributed by atoms with Crippen LogP contribution in [0.15, 0.2) is 206 Å². The van der Waals surface area contributed by atoms with Crippen LogP contribution in [0, 0.1) is 6.07 Å². The zero-order chi connectivity index (χ0) is 40.3. The van der Waals surface area contributed by atoms with Crippen molar-refractivity contribution in [3.8, 4) is 22.6 Å². The first-order chi connectivity index (χ1) is 28.2. The molecule has 1 radical (unpaired) electrons. The fourth-order valence-electron chi connectivity index (χ4n) is 6.50. The van der Waals surface area contributed by atoms with Crippen LogP contribution in [0.5, 0.6) is 11.5 Å². The number of para-hydroxylation sites is 2. The van der Waals surface area contributed by atoms with Crippen molar-refractivity contribution < 1.29 is 38.1 Å². The fraction of sp³-hybridized carbons (Fsp3) is 0.0204. The summed E-state index contributed by atoms with van der Waals surface area (Å²) in [6.07, 6.45) is 0.604. The molecule has 8 aromatic carbocycles. The van der Waals surface area contributed by atoms with Crippen molar-refractivity contribution in [3.05, 3.63) is 218 Å². The minimum atomic E-state index is -3.92. The van der Waals surface area contributed by atoms with E-state index >= 15 is 0 Å². The van der Waals surface area contributed by atoms with Gasteiger partial charge in [0.2, 0.25) is 0 Å². The largest absolute Gasteiger partial charge is 2.00 e. The Hall–Kier alpha value is -5.41. The summed E-state index contributed by atoms with van der Waals surface area (Å²) in [4.78, 5) is 0. The maximum absolute atomic E-state index is 9.08. The molecule has 0 bridgehead atoms. The third-order valence-corrected chi connectivity index (χ3v) is 13.9. The Bertz CT molecular complexity index is 2460. The maximum Gasteiger partial charge on any atom is 2.00 e. The maximum atomic E-state index is 9.08. The molecule has 0 spiro atoms. The summed E-state index contributed by atoms with van der Waals surface area (Å²) < 4.78 is 34.3. The predicted molar refractivity (Wildman–Crippen MR) is 244 cm³/mol. The van der Waals surface area contributed by atoms with Gasteiger partial charge in [0.15, 0.2) is 11.5 Å². The van der Waals surface area contributed by atoms with Gasteiger partial charge in [0, 0.05) is 16.9 Å². The number of anilines is 2. The van der Waals surface area contributed by atoms with Crippen LogP contribution in [0.3, 0.4) is 0 Å². The number of nitrogens with one attached hydrogen (secondary N) is 2. The van der Waals surface area contributed by atoms with Gasteiger partial charge < -0.3 is 20.3 Å². The summed E-state index contributed by atoms with van der Waals surface area (Å²) in [6.45, 7) is 0. The Balaban J connectivity index is 0.000000256. The zero-order valence-corrected chi connectivity index (χ0v) is 36.0. The first-order valence-electron chi connectivity index (χ1n) is 18.4. The first kappa shape index (κ1) is 43.2. The zero-order valence-electron chi connectivity index (χ0n) is 31.9. The number of ether oxygens (including phenoxy) is 1. The topological polar surface area (TPSA) is 102 Å². The van der Waals surface area contributed by atoms with Crippen LogP contribution in [-0.4, -0.2) is 19.2 Å². The van der Waals surface area contributed by atoms with Gasteiger partial charge >= 0.3 is 20.4 Å². The molecule has 8 aromatic rings.